The minimum Gasteiger partial charge on any atom is -0.391 e. The minimum atomic E-state index is -0.247. The number of β-amino-alcohol motifs (C(OH)–C–C–N with tert-alkyl or cyclic N) is 1. The van der Waals surface area contributed by atoms with Crippen LogP contribution in [0.25, 0.3) is 10.6 Å². The van der Waals surface area contributed by atoms with Crippen molar-refractivity contribution in [2.75, 3.05) is 19.6 Å². The summed E-state index contributed by atoms with van der Waals surface area (Å²) in [4.78, 5) is 12.8. The molecule has 1 aliphatic rings. The summed E-state index contributed by atoms with van der Waals surface area (Å²) in [6, 6.07) is 10.3. The molecule has 3 rings (SSSR count). The van der Waals surface area contributed by atoms with E-state index in [0.29, 0.717) is 13.1 Å². The first-order chi connectivity index (χ1) is 11.7. The maximum atomic E-state index is 9.74. The highest BCUT2D eigenvalue weighted by molar-refractivity contribution is 7.15. The van der Waals surface area contributed by atoms with Gasteiger partial charge in [-0.25, -0.2) is 9.98 Å². The normalized spacial score (nSPS) is 18.2. The number of aliphatic imine (C=N–C) groups is 1. The lowest BCUT2D eigenvalue weighted by Crippen LogP contribution is -2.40. The molecular formula is C18H24N4OS. The van der Waals surface area contributed by atoms with E-state index >= 15 is 0 Å². The monoisotopic (exact) mass is 344 g/mol. The zero-order valence-electron chi connectivity index (χ0n) is 14.2. The molecule has 5 nitrogen and oxygen atoms in total. The number of rotatable bonds is 4. The molecule has 1 aromatic heterocycles. The van der Waals surface area contributed by atoms with Crippen LogP contribution in [-0.4, -0.2) is 46.7 Å². The van der Waals surface area contributed by atoms with Crippen LogP contribution in [0.5, 0.6) is 0 Å². The molecule has 2 aromatic rings. The lowest BCUT2D eigenvalue weighted by atomic mass is 10.2. The van der Waals surface area contributed by atoms with Crippen LogP contribution in [0.4, 0.5) is 0 Å². The number of hydrogen-bond acceptors (Lipinski definition) is 4. The summed E-state index contributed by atoms with van der Waals surface area (Å²) in [5.41, 5.74) is 2.19. The highest BCUT2D eigenvalue weighted by atomic mass is 32.1. The van der Waals surface area contributed by atoms with Crippen molar-refractivity contribution in [1.82, 2.24) is 15.2 Å². The fraction of sp³-hybridized carbons (Fsp3) is 0.444. The number of hydrogen-bond donors (Lipinski definition) is 2. The van der Waals surface area contributed by atoms with E-state index < -0.39 is 0 Å². The van der Waals surface area contributed by atoms with Crippen molar-refractivity contribution in [3.8, 4) is 10.6 Å². The first-order valence-electron chi connectivity index (χ1n) is 8.40. The van der Waals surface area contributed by atoms with Gasteiger partial charge in [0.1, 0.15) is 5.01 Å². The number of aromatic nitrogens is 1. The van der Waals surface area contributed by atoms with Gasteiger partial charge in [-0.15, -0.1) is 11.3 Å². The third-order valence-electron chi connectivity index (χ3n) is 4.08. The minimum absolute atomic E-state index is 0.247. The van der Waals surface area contributed by atoms with E-state index in [1.54, 1.807) is 11.3 Å². The van der Waals surface area contributed by atoms with E-state index in [9.17, 15) is 5.11 Å². The highest BCUT2D eigenvalue weighted by Gasteiger charge is 2.22. The Morgan fingerprint density at radius 3 is 2.88 bits per heavy atom. The number of nitrogens with one attached hydrogen (secondary N) is 1. The van der Waals surface area contributed by atoms with Crippen LogP contribution in [0.2, 0.25) is 0 Å². The molecule has 1 atom stereocenters. The molecule has 6 heteroatoms. The zero-order valence-corrected chi connectivity index (χ0v) is 15.0. The summed E-state index contributed by atoms with van der Waals surface area (Å²) in [5.74, 6) is 0.878. The van der Waals surface area contributed by atoms with Gasteiger partial charge in [0, 0.05) is 30.1 Å². The Kier molecular flexibility index (Phi) is 5.48. The predicted octanol–water partition coefficient (Wildman–Crippen LogP) is 2.65. The Bertz CT molecular complexity index is 698. The number of nitrogens with zero attached hydrogens (tertiary/aromatic N) is 3. The van der Waals surface area contributed by atoms with Crippen LogP contribution in [0.1, 0.15) is 23.9 Å². The standard InChI is InChI=1S/C18H24N4OS/c1-3-19-18(22-10-9-15(23)12-22)20-11-16-13(2)21-17(24-16)14-7-5-4-6-8-14/h4-8,15,23H,3,9-12H2,1-2H3,(H,19,20)/t15-/m1/s1. The maximum absolute atomic E-state index is 9.74. The van der Waals surface area contributed by atoms with Gasteiger partial charge < -0.3 is 15.3 Å². The molecule has 0 aliphatic carbocycles. The van der Waals surface area contributed by atoms with Crippen LogP contribution in [-0.2, 0) is 6.54 Å². The van der Waals surface area contributed by atoms with E-state index in [0.717, 1.165) is 41.7 Å². The molecule has 1 aromatic carbocycles. The number of aliphatic hydroxyl groups is 1. The second-order valence-corrected chi connectivity index (χ2v) is 7.04. The van der Waals surface area contributed by atoms with E-state index in [-0.39, 0.29) is 6.10 Å². The van der Waals surface area contributed by atoms with Crippen molar-refractivity contribution in [3.05, 3.63) is 40.9 Å². The van der Waals surface area contributed by atoms with Crippen molar-refractivity contribution in [2.45, 2.75) is 32.9 Å². The first kappa shape index (κ1) is 16.9. The van der Waals surface area contributed by atoms with Gasteiger partial charge in [-0.2, -0.15) is 0 Å². The first-order valence-corrected chi connectivity index (χ1v) is 9.22. The van der Waals surface area contributed by atoms with Gasteiger partial charge in [-0.05, 0) is 20.3 Å². The van der Waals surface area contributed by atoms with E-state index in [2.05, 4.69) is 34.3 Å². The number of benzene rings is 1. The molecule has 0 bridgehead atoms. The summed E-state index contributed by atoms with van der Waals surface area (Å²) in [5, 5.41) is 14.1. The molecule has 2 N–H and O–H groups in total. The summed E-state index contributed by atoms with van der Waals surface area (Å²) in [6.07, 6.45) is 0.561. The Balaban J connectivity index is 1.76. The van der Waals surface area contributed by atoms with Crippen molar-refractivity contribution < 1.29 is 5.11 Å². The third kappa shape index (κ3) is 3.94. The van der Waals surface area contributed by atoms with Crippen molar-refractivity contribution in [1.29, 1.82) is 0 Å². The molecule has 0 saturated carbocycles. The molecule has 1 aliphatic heterocycles. The van der Waals surface area contributed by atoms with Gasteiger partial charge in [0.05, 0.1) is 18.3 Å². The van der Waals surface area contributed by atoms with Crippen LogP contribution >= 0.6 is 11.3 Å². The van der Waals surface area contributed by atoms with E-state index in [1.807, 2.05) is 25.1 Å². The van der Waals surface area contributed by atoms with E-state index in [1.165, 1.54) is 4.88 Å². The highest BCUT2D eigenvalue weighted by Crippen LogP contribution is 2.28. The molecule has 0 spiro atoms. The van der Waals surface area contributed by atoms with Crippen molar-refractivity contribution >= 4 is 17.3 Å². The molecule has 2 heterocycles. The second kappa shape index (κ2) is 7.77. The fourth-order valence-corrected chi connectivity index (χ4v) is 3.78. The van der Waals surface area contributed by atoms with Gasteiger partial charge in [-0.1, -0.05) is 30.3 Å². The molecule has 0 amide bonds. The zero-order chi connectivity index (χ0) is 16.9. The summed E-state index contributed by atoms with van der Waals surface area (Å²) in [7, 11) is 0. The van der Waals surface area contributed by atoms with Crippen LogP contribution in [0.15, 0.2) is 35.3 Å². The van der Waals surface area contributed by atoms with Gasteiger partial charge in [-0.3, -0.25) is 0 Å². The molecule has 1 saturated heterocycles. The Morgan fingerprint density at radius 2 is 2.21 bits per heavy atom. The average molecular weight is 344 g/mol. The van der Waals surface area contributed by atoms with Gasteiger partial charge >= 0.3 is 0 Å². The van der Waals surface area contributed by atoms with Gasteiger partial charge in [0.25, 0.3) is 0 Å². The molecule has 1 fully saturated rings. The fourth-order valence-electron chi connectivity index (χ4n) is 2.79. The average Bonchev–Trinajstić information content (AvgIpc) is 3.18. The van der Waals surface area contributed by atoms with Crippen LogP contribution in [0.3, 0.4) is 0 Å². The number of guanidine groups is 1. The molecule has 128 valence electrons. The van der Waals surface area contributed by atoms with Crippen molar-refractivity contribution in [2.24, 2.45) is 4.99 Å². The summed E-state index contributed by atoms with van der Waals surface area (Å²) in [6.45, 7) is 7.05. The Hall–Kier alpha value is -1.92. The molecule has 24 heavy (non-hydrogen) atoms. The maximum Gasteiger partial charge on any atom is 0.194 e. The van der Waals surface area contributed by atoms with E-state index in [4.69, 9.17) is 4.99 Å². The lowest BCUT2D eigenvalue weighted by Gasteiger charge is -2.20. The van der Waals surface area contributed by atoms with Gasteiger partial charge in [0.2, 0.25) is 0 Å². The quantitative estimate of drug-likeness (QED) is 0.661. The Labute approximate surface area is 147 Å². The molecule has 0 radical (unpaired) electrons. The third-order valence-corrected chi connectivity index (χ3v) is 5.27. The van der Waals surface area contributed by atoms with Crippen molar-refractivity contribution in [3.63, 3.8) is 0 Å². The summed E-state index contributed by atoms with van der Waals surface area (Å²) >= 11 is 1.70. The topological polar surface area (TPSA) is 60.8 Å². The second-order valence-electron chi connectivity index (χ2n) is 5.95. The number of aryl methyl sites for hydroxylation is 1. The number of likely N-dealkylation sites (tertiary alicyclic amines) is 1. The number of thiazole rings is 1. The largest absolute Gasteiger partial charge is 0.391 e. The lowest BCUT2D eigenvalue weighted by molar-refractivity contribution is 0.188. The summed E-state index contributed by atoms with van der Waals surface area (Å²) < 4.78 is 0. The SMILES string of the molecule is CCNC(=NCc1sc(-c2ccccc2)nc1C)N1CC[C@@H](O)C1. The predicted molar refractivity (Wildman–Crippen MR) is 99.3 cm³/mol. The number of aliphatic hydroxyl groups excluding tert-OH is 1. The molecular weight excluding hydrogens is 320 g/mol. The van der Waals surface area contributed by atoms with Crippen LogP contribution < -0.4 is 5.32 Å². The van der Waals surface area contributed by atoms with Gasteiger partial charge in [0.15, 0.2) is 5.96 Å². The Morgan fingerprint density at radius 1 is 1.42 bits per heavy atom. The smallest absolute Gasteiger partial charge is 0.194 e. The van der Waals surface area contributed by atoms with Crippen LogP contribution in [0, 0.1) is 6.92 Å². The molecule has 0 unspecified atom stereocenters.